The van der Waals surface area contributed by atoms with Crippen molar-refractivity contribution in [2.24, 2.45) is 0 Å². The molecule has 0 atom stereocenters. The molecule has 32 heavy (non-hydrogen) atoms. The second kappa shape index (κ2) is 8.97. The number of carbonyl (C=O) groups is 2. The normalized spacial score (nSPS) is 12.6. The van der Waals surface area contributed by atoms with Crippen molar-refractivity contribution >= 4 is 23.6 Å². The number of anilines is 1. The first kappa shape index (κ1) is 21.2. The van der Waals surface area contributed by atoms with E-state index in [0.717, 1.165) is 28.9 Å². The van der Waals surface area contributed by atoms with Crippen molar-refractivity contribution in [2.75, 3.05) is 11.9 Å². The minimum absolute atomic E-state index is 0.00669. The molecule has 162 valence electrons. The second-order valence-electron chi connectivity index (χ2n) is 7.36. The van der Waals surface area contributed by atoms with Gasteiger partial charge in [0.15, 0.2) is 11.6 Å². The van der Waals surface area contributed by atoms with Gasteiger partial charge in [-0.1, -0.05) is 24.3 Å². The molecule has 3 aromatic rings. The van der Waals surface area contributed by atoms with Crippen LogP contribution in [-0.4, -0.2) is 22.9 Å². The van der Waals surface area contributed by atoms with Crippen molar-refractivity contribution < 1.29 is 18.4 Å². The van der Waals surface area contributed by atoms with Crippen molar-refractivity contribution in [3.63, 3.8) is 0 Å². The predicted molar refractivity (Wildman–Crippen MR) is 116 cm³/mol. The Hall–Kier alpha value is -4.07. The Morgan fingerprint density at radius 2 is 1.94 bits per heavy atom. The molecule has 0 saturated carbocycles. The predicted octanol–water partition coefficient (Wildman–Crippen LogP) is 3.11. The van der Waals surface area contributed by atoms with Crippen LogP contribution in [0.1, 0.15) is 27.0 Å². The van der Waals surface area contributed by atoms with Crippen LogP contribution in [0.4, 0.5) is 14.5 Å². The van der Waals surface area contributed by atoms with Crippen LogP contribution < -0.4 is 16.2 Å². The number of aromatic nitrogens is 1. The van der Waals surface area contributed by atoms with Crippen molar-refractivity contribution in [3.05, 3.63) is 105 Å². The van der Waals surface area contributed by atoms with E-state index in [1.165, 1.54) is 22.9 Å². The van der Waals surface area contributed by atoms with E-state index in [-0.39, 0.29) is 24.6 Å². The first-order valence-electron chi connectivity index (χ1n) is 9.91. The Bertz CT molecular complexity index is 1300. The number of hydrogen-bond donors (Lipinski definition) is 2. The molecular weight excluding hydrogens is 416 g/mol. The molecule has 8 heteroatoms. The highest BCUT2D eigenvalue weighted by Gasteiger charge is 2.17. The van der Waals surface area contributed by atoms with Crippen molar-refractivity contribution in [1.29, 1.82) is 0 Å². The number of carbonyl (C=O) groups excluding carboxylic acids is 2. The minimum atomic E-state index is -0.998. The Morgan fingerprint density at radius 1 is 1.09 bits per heavy atom. The van der Waals surface area contributed by atoms with Crippen molar-refractivity contribution in [2.45, 2.75) is 13.0 Å². The quantitative estimate of drug-likeness (QED) is 0.625. The molecule has 1 aliphatic rings. The van der Waals surface area contributed by atoms with Gasteiger partial charge in [0.1, 0.15) is 5.56 Å². The summed E-state index contributed by atoms with van der Waals surface area (Å²) in [6.45, 7) is 0.206. The molecule has 0 bridgehead atoms. The van der Waals surface area contributed by atoms with E-state index in [0.29, 0.717) is 12.0 Å². The van der Waals surface area contributed by atoms with Gasteiger partial charge in [-0.3, -0.25) is 14.4 Å². The lowest BCUT2D eigenvalue weighted by molar-refractivity contribution is -0.115. The van der Waals surface area contributed by atoms with Gasteiger partial charge in [0.25, 0.3) is 11.5 Å². The van der Waals surface area contributed by atoms with Crippen LogP contribution in [0.2, 0.25) is 0 Å². The third-order valence-electron chi connectivity index (χ3n) is 5.05. The van der Waals surface area contributed by atoms with E-state index in [1.54, 1.807) is 12.1 Å². The number of amides is 2. The molecule has 4 rings (SSSR count). The number of pyridine rings is 1. The number of halogens is 2. The molecule has 0 fully saturated rings. The standard InChI is InChI=1S/C24H19F2N3O3/c25-19-7-5-16(12-20(19)26)14-29-10-2-4-18(24(29)32)23(31)27-9-1-3-15-6-8-21-17(11-15)13-22(30)28-21/h1-8,10-12H,9,13-14H2,(H,27,31)(H,28,30)/b3-1+. The lowest BCUT2D eigenvalue weighted by Gasteiger charge is -2.09. The minimum Gasteiger partial charge on any atom is -0.348 e. The molecule has 0 radical (unpaired) electrons. The zero-order chi connectivity index (χ0) is 22.7. The Kier molecular flexibility index (Phi) is 5.93. The molecule has 0 spiro atoms. The maximum absolute atomic E-state index is 13.4. The summed E-state index contributed by atoms with van der Waals surface area (Å²) in [5.41, 5.74) is 2.44. The number of rotatable bonds is 6. The average Bonchev–Trinajstić information content (AvgIpc) is 3.14. The number of nitrogens with zero attached hydrogens (tertiary/aromatic N) is 1. The fourth-order valence-electron chi connectivity index (χ4n) is 3.46. The topological polar surface area (TPSA) is 80.2 Å². The summed E-state index contributed by atoms with van der Waals surface area (Å²) in [7, 11) is 0. The summed E-state index contributed by atoms with van der Waals surface area (Å²) in [4.78, 5) is 36.5. The molecule has 1 aromatic heterocycles. The van der Waals surface area contributed by atoms with Gasteiger partial charge in [-0.15, -0.1) is 0 Å². The zero-order valence-corrected chi connectivity index (χ0v) is 16.9. The fourth-order valence-corrected chi connectivity index (χ4v) is 3.46. The third-order valence-corrected chi connectivity index (χ3v) is 5.05. The highest BCUT2D eigenvalue weighted by molar-refractivity contribution is 5.99. The molecule has 0 saturated heterocycles. The highest BCUT2D eigenvalue weighted by Crippen LogP contribution is 2.24. The summed E-state index contributed by atoms with van der Waals surface area (Å²) in [5, 5.41) is 5.43. The molecule has 2 N–H and O–H groups in total. The highest BCUT2D eigenvalue weighted by atomic mass is 19.2. The summed E-state index contributed by atoms with van der Waals surface area (Å²) < 4.78 is 27.8. The maximum Gasteiger partial charge on any atom is 0.263 e. The Balaban J connectivity index is 1.39. The number of nitrogens with one attached hydrogen (secondary N) is 2. The Labute approximate surface area is 182 Å². The van der Waals surface area contributed by atoms with Gasteiger partial charge < -0.3 is 15.2 Å². The summed E-state index contributed by atoms with van der Waals surface area (Å²) >= 11 is 0. The van der Waals surface area contributed by atoms with Gasteiger partial charge in [-0.05, 0) is 53.1 Å². The van der Waals surface area contributed by atoms with Crippen LogP contribution >= 0.6 is 0 Å². The van der Waals surface area contributed by atoms with E-state index in [4.69, 9.17) is 0 Å². The van der Waals surface area contributed by atoms with E-state index in [2.05, 4.69) is 10.6 Å². The van der Waals surface area contributed by atoms with E-state index < -0.39 is 23.1 Å². The SMILES string of the molecule is O=C1Cc2cc(/C=C/CNC(=O)c3cccn(Cc4ccc(F)c(F)c4)c3=O)ccc2N1. The van der Waals surface area contributed by atoms with Crippen LogP contribution in [0, 0.1) is 11.6 Å². The van der Waals surface area contributed by atoms with E-state index in [9.17, 15) is 23.2 Å². The molecule has 1 aliphatic heterocycles. The smallest absolute Gasteiger partial charge is 0.263 e. The van der Waals surface area contributed by atoms with Crippen molar-refractivity contribution in [3.8, 4) is 0 Å². The van der Waals surface area contributed by atoms with Crippen LogP contribution in [0.15, 0.2) is 65.6 Å². The van der Waals surface area contributed by atoms with E-state index >= 15 is 0 Å². The largest absolute Gasteiger partial charge is 0.348 e. The molecule has 2 amide bonds. The average molecular weight is 435 g/mol. The van der Waals surface area contributed by atoms with Gasteiger partial charge >= 0.3 is 0 Å². The Morgan fingerprint density at radius 3 is 2.75 bits per heavy atom. The lowest BCUT2D eigenvalue weighted by Crippen LogP contribution is -2.33. The van der Waals surface area contributed by atoms with Gasteiger partial charge in [0.2, 0.25) is 5.91 Å². The summed E-state index contributed by atoms with van der Waals surface area (Å²) in [6.07, 6.45) is 5.38. The summed E-state index contributed by atoms with van der Waals surface area (Å²) in [6, 6.07) is 11.9. The van der Waals surface area contributed by atoms with Gasteiger partial charge in [-0.2, -0.15) is 0 Å². The van der Waals surface area contributed by atoms with Crippen molar-refractivity contribution in [1.82, 2.24) is 9.88 Å². The van der Waals surface area contributed by atoms with Crippen LogP contribution in [0.25, 0.3) is 6.08 Å². The lowest BCUT2D eigenvalue weighted by atomic mass is 10.1. The number of hydrogen-bond acceptors (Lipinski definition) is 3. The summed E-state index contributed by atoms with van der Waals surface area (Å²) in [5.74, 6) is -2.54. The first-order valence-corrected chi connectivity index (χ1v) is 9.91. The monoisotopic (exact) mass is 435 g/mol. The molecule has 0 aliphatic carbocycles. The van der Waals surface area contributed by atoms with Crippen LogP contribution in [-0.2, 0) is 17.8 Å². The van der Waals surface area contributed by atoms with Gasteiger partial charge in [0.05, 0.1) is 13.0 Å². The molecule has 2 aromatic carbocycles. The van der Waals surface area contributed by atoms with E-state index in [1.807, 2.05) is 24.3 Å². The third kappa shape index (κ3) is 4.64. The molecule has 2 heterocycles. The maximum atomic E-state index is 13.4. The molecule has 6 nitrogen and oxygen atoms in total. The fraction of sp³-hybridized carbons (Fsp3) is 0.125. The molecular formula is C24H19F2N3O3. The van der Waals surface area contributed by atoms with Crippen LogP contribution in [0.5, 0.6) is 0 Å². The number of benzene rings is 2. The van der Waals surface area contributed by atoms with Gasteiger partial charge in [0, 0.05) is 18.4 Å². The number of fused-ring (bicyclic) bond motifs is 1. The first-order chi connectivity index (χ1) is 15.4. The zero-order valence-electron chi connectivity index (χ0n) is 16.9. The van der Waals surface area contributed by atoms with Gasteiger partial charge in [-0.25, -0.2) is 8.78 Å². The van der Waals surface area contributed by atoms with Crippen LogP contribution in [0.3, 0.4) is 0 Å². The molecule has 0 unspecified atom stereocenters. The second-order valence-corrected chi connectivity index (χ2v) is 7.36.